The quantitative estimate of drug-likeness (QED) is 0.248. The maximum atomic E-state index is 13.5. The summed E-state index contributed by atoms with van der Waals surface area (Å²) in [5.41, 5.74) is 2.58. The molecule has 4 nitrogen and oxygen atoms in total. The number of carbonyl (C=O) groups is 2. The van der Waals surface area contributed by atoms with Gasteiger partial charge in [0.1, 0.15) is 11.5 Å². The fourth-order valence-electron chi connectivity index (χ4n) is 4.36. The van der Waals surface area contributed by atoms with E-state index in [4.69, 9.17) is 4.74 Å². The van der Waals surface area contributed by atoms with E-state index < -0.39 is 5.60 Å². The van der Waals surface area contributed by atoms with Crippen LogP contribution in [0.1, 0.15) is 71.5 Å². The summed E-state index contributed by atoms with van der Waals surface area (Å²) >= 11 is 0. The molecule has 0 saturated carbocycles. The Balaban J connectivity index is 1.50. The lowest BCUT2D eigenvalue weighted by Gasteiger charge is -2.29. The summed E-state index contributed by atoms with van der Waals surface area (Å²) in [5.74, 6) is 0.412. The number of benzene rings is 4. The fraction of sp³-hybridized carbons (Fsp3) is 0.212. The van der Waals surface area contributed by atoms with Crippen LogP contribution in [0, 0.1) is 0 Å². The number of rotatable bonds is 9. The Morgan fingerprint density at radius 3 is 1.70 bits per heavy atom. The van der Waals surface area contributed by atoms with Gasteiger partial charge in [-0.15, -0.1) is 0 Å². The van der Waals surface area contributed by atoms with E-state index in [1.165, 1.54) is 17.7 Å². The Morgan fingerprint density at radius 1 is 0.676 bits per heavy atom. The first-order valence-corrected chi connectivity index (χ1v) is 12.5. The van der Waals surface area contributed by atoms with Gasteiger partial charge in [-0.25, -0.2) is 0 Å². The van der Waals surface area contributed by atoms with Crippen LogP contribution in [-0.4, -0.2) is 22.3 Å². The first kappa shape index (κ1) is 25.9. The summed E-state index contributed by atoms with van der Waals surface area (Å²) in [4.78, 5) is 26.2. The van der Waals surface area contributed by atoms with Crippen molar-refractivity contribution < 1.29 is 19.4 Å². The zero-order valence-electron chi connectivity index (χ0n) is 21.7. The normalized spacial score (nSPS) is 13.0. The van der Waals surface area contributed by atoms with Gasteiger partial charge >= 0.3 is 0 Å². The summed E-state index contributed by atoms with van der Waals surface area (Å²) < 4.78 is 6.26. The third-order valence-electron chi connectivity index (χ3n) is 7.11. The van der Waals surface area contributed by atoms with Crippen LogP contribution in [0.25, 0.3) is 0 Å². The maximum Gasteiger partial charge on any atom is 0.206 e. The van der Waals surface area contributed by atoms with Crippen molar-refractivity contribution in [2.24, 2.45) is 0 Å². The van der Waals surface area contributed by atoms with Crippen LogP contribution in [0.4, 0.5) is 0 Å². The van der Waals surface area contributed by atoms with E-state index >= 15 is 0 Å². The monoisotopic (exact) mass is 492 g/mol. The van der Waals surface area contributed by atoms with Crippen LogP contribution >= 0.6 is 0 Å². The highest BCUT2D eigenvalue weighted by molar-refractivity contribution is 6.10. The van der Waals surface area contributed by atoms with Gasteiger partial charge < -0.3 is 9.84 Å². The summed E-state index contributed by atoms with van der Waals surface area (Å²) in [5, 5.41) is 9.45. The second-order valence-electron chi connectivity index (χ2n) is 9.98. The summed E-state index contributed by atoms with van der Waals surface area (Å²) in [6.07, 6.45) is 0.483. The molecule has 0 spiro atoms. The summed E-state index contributed by atoms with van der Waals surface area (Å²) in [6, 6.07) is 31.0. The molecule has 0 aliphatic rings. The topological polar surface area (TPSA) is 63.6 Å². The number of phenols is 1. The molecule has 0 saturated heterocycles. The third kappa shape index (κ3) is 5.49. The van der Waals surface area contributed by atoms with Gasteiger partial charge in [0.15, 0.2) is 11.4 Å². The molecule has 1 atom stereocenters. The lowest BCUT2D eigenvalue weighted by Crippen LogP contribution is -2.41. The molecule has 4 aromatic rings. The molecule has 0 aliphatic heterocycles. The second kappa shape index (κ2) is 10.4. The van der Waals surface area contributed by atoms with Crippen molar-refractivity contribution in [3.63, 3.8) is 0 Å². The number of Topliss-reactive ketones (excluding diaryl/α,β-unsaturated/α-hetero) is 1. The molecule has 1 unspecified atom stereocenters. The average Bonchev–Trinajstić information content (AvgIpc) is 2.93. The van der Waals surface area contributed by atoms with E-state index in [2.05, 4.69) is 26.0 Å². The van der Waals surface area contributed by atoms with Gasteiger partial charge in [-0.05, 0) is 60.9 Å². The zero-order chi connectivity index (χ0) is 26.6. The number of hydrogen-bond donors (Lipinski definition) is 1. The van der Waals surface area contributed by atoms with Crippen molar-refractivity contribution in [1.82, 2.24) is 0 Å². The molecular formula is C33H32O4. The lowest BCUT2D eigenvalue weighted by atomic mass is 9.78. The van der Waals surface area contributed by atoms with Crippen LogP contribution in [0.15, 0.2) is 103 Å². The number of hydrogen-bond acceptors (Lipinski definition) is 4. The van der Waals surface area contributed by atoms with Gasteiger partial charge in [0, 0.05) is 22.1 Å². The van der Waals surface area contributed by atoms with Gasteiger partial charge in [0.25, 0.3) is 0 Å². The van der Waals surface area contributed by atoms with Crippen molar-refractivity contribution in [2.45, 2.75) is 45.1 Å². The minimum Gasteiger partial charge on any atom is -0.508 e. The largest absolute Gasteiger partial charge is 0.508 e. The van der Waals surface area contributed by atoms with Gasteiger partial charge in [-0.3, -0.25) is 9.59 Å². The molecule has 4 rings (SSSR count). The molecule has 0 fully saturated rings. The Labute approximate surface area is 218 Å². The van der Waals surface area contributed by atoms with Gasteiger partial charge in [0.05, 0.1) is 0 Å². The molecule has 0 bridgehead atoms. The summed E-state index contributed by atoms with van der Waals surface area (Å²) in [7, 11) is 0. The number of phenolic OH excluding ortho intramolecular Hbond substituents is 1. The van der Waals surface area contributed by atoms with Gasteiger partial charge in [-0.1, -0.05) is 87.5 Å². The predicted octanol–water partition coefficient (Wildman–Crippen LogP) is 7.38. The lowest BCUT2D eigenvalue weighted by molar-refractivity contribution is 0.0505. The van der Waals surface area contributed by atoms with Crippen molar-refractivity contribution in [1.29, 1.82) is 0 Å². The van der Waals surface area contributed by atoms with Crippen LogP contribution in [0.2, 0.25) is 0 Å². The van der Waals surface area contributed by atoms with Crippen molar-refractivity contribution in [3.8, 4) is 11.5 Å². The highest BCUT2D eigenvalue weighted by Gasteiger charge is 2.35. The van der Waals surface area contributed by atoms with Crippen molar-refractivity contribution in [3.05, 3.63) is 131 Å². The van der Waals surface area contributed by atoms with E-state index in [1.807, 2.05) is 49.4 Å². The standard InChI is InChI=1S/C33H32O4/c1-5-33(4,37-29-21-17-27(18-22-29)32(2,3)26-9-7-6-8-10-26)31(36)25-13-11-23(12-14-25)30(35)24-15-19-28(34)20-16-24/h6-22,34H,5H2,1-4H3. The Bertz CT molecular complexity index is 1370. The Hall–Kier alpha value is -4.18. The first-order valence-electron chi connectivity index (χ1n) is 12.5. The van der Waals surface area contributed by atoms with Crippen LogP contribution in [0.5, 0.6) is 11.5 Å². The SMILES string of the molecule is CCC(C)(Oc1ccc(C(C)(C)c2ccccc2)cc1)C(=O)c1ccc(C(=O)c2ccc(O)cc2)cc1. The van der Waals surface area contributed by atoms with E-state index in [1.54, 1.807) is 43.3 Å². The number of ketones is 2. The predicted molar refractivity (Wildman–Crippen MR) is 147 cm³/mol. The van der Waals surface area contributed by atoms with Gasteiger partial charge in [-0.2, -0.15) is 0 Å². The molecular weight excluding hydrogens is 460 g/mol. The fourth-order valence-corrected chi connectivity index (χ4v) is 4.36. The molecule has 188 valence electrons. The zero-order valence-corrected chi connectivity index (χ0v) is 21.7. The molecule has 1 N–H and O–H groups in total. The smallest absolute Gasteiger partial charge is 0.206 e. The maximum absolute atomic E-state index is 13.5. The average molecular weight is 493 g/mol. The van der Waals surface area contributed by atoms with Crippen LogP contribution in [-0.2, 0) is 5.41 Å². The number of ether oxygens (including phenoxy) is 1. The van der Waals surface area contributed by atoms with E-state index in [9.17, 15) is 14.7 Å². The first-order chi connectivity index (χ1) is 17.6. The van der Waals surface area contributed by atoms with Crippen molar-refractivity contribution in [2.75, 3.05) is 0 Å². The van der Waals surface area contributed by atoms with E-state index in [0.29, 0.717) is 28.9 Å². The molecule has 4 heteroatoms. The van der Waals surface area contributed by atoms with Gasteiger partial charge in [0.2, 0.25) is 5.78 Å². The van der Waals surface area contributed by atoms with E-state index in [0.717, 1.165) is 5.56 Å². The molecule has 0 aliphatic carbocycles. The number of carbonyl (C=O) groups excluding carboxylic acids is 2. The Morgan fingerprint density at radius 2 is 1.16 bits per heavy atom. The minimum atomic E-state index is -1.06. The van der Waals surface area contributed by atoms with Crippen LogP contribution in [0.3, 0.4) is 0 Å². The second-order valence-corrected chi connectivity index (χ2v) is 9.98. The molecule has 0 radical (unpaired) electrons. The third-order valence-corrected chi connectivity index (χ3v) is 7.11. The molecule has 37 heavy (non-hydrogen) atoms. The molecule has 0 heterocycles. The minimum absolute atomic E-state index is 0.103. The van der Waals surface area contributed by atoms with Crippen LogP contribution < -0.4 is 4.74 Å². The molecule has 0 aromatic heterocycles. The number of aromatic hydroxyl groups is 1. The Kier molecular flexibility index (Phi) is 7.30. The molecule has 0 amide bonds. The highest BCUT2D eigenvalue weighted by atomic mass is 16.5. The molecule has 4 aromatic carbocycles. The summed E-state index contributed by atoms with van der Waals surface area (Å²) in [6.45, 7) is 8.10. The highest BCUT2D eigenvalue weighted by Crippen LogP contribution is 2.33. The van der Waals surface area contributed by atoms with E-state index in [-0.39, 0.29) is 22.7 Å². The van der Waals surface area contributed by atoms with Crippen molar-refractivity contribution >= 4 is 11.6 Å².